The molecule has 0 N–H and O–H groups in total. The van der Waals surface area contributed by atoms with Gasteiger partial charge in [-0.15, -0.1) is 0 Å². The second-order valence-corrected chi connectivity index (χ2v) is 9.95. The Hall–Kier alpha value is -4.26. The van der Waals surface area contributed by atoms with Crippen LogP contribution in [-0.2, 0) is 27.2 Å². The number of benzene rings is 3. The van der Waals surface area contributed by atoms with E-state index in [-0.39, 0.29) is 18.6 Å². The van der Waals surface area contributed by atoms with Crippen molar-refractivity contribution in [2.24, 2.45) is 0 Å². The zero-order chi connectivity index (χ0) is 29.0. The van der Waals surface area contributed by atoms with Gasteiger partial charge in [0.2, 0.25) is 0 Å². The average Bonchev–Trinajstić information content (AvgIpc) is 2.79. The van der Waals surface area contributed by atoms with Crippen LogP contribution in [0, 0.1) is 27.7 Å². The Morgan fingerprint density at radius 1 is 0.513 bits per heavy atom. The van der Waals surface area contributed by atoms with Gasteiger partial charge in [-0.25, -0.2) is 0 Å². The molecule has 0 aliphatic heterocycles. The topological polar surface area (TPSA) is 96.0 Å². The standard InChI is InChI=1S/C32H34O7/c1-17-9-19(3)30(37-22(6)34)26(11-17)15-28-13-25(21(5)33)14-29(32(28)39-24(8)36)16-27-12-18(2)10-20(4)31(27)38-23(7)35/h9-14H,15-16H2,1-8H3. The molecule has 0 spiro atoms. The SMILES string of the molecule is CC(=O)Oc1c(C)cc(C)cc1Cc1cc(C(C)=O)cc(Cc2cc(C)cc(C)c2OC(C)=O)c1OC(C)=O. The molecule has 204 valence electrons. The first kappa shape index (κ1) is 29.3. The molecule has 39 heavy (non-hydrogen) atoms. The Kier molecular flexibility index (Phi) is 9.07. The number of carbonyl (C=O) groups is 4. The summed E-state index contributed by atoms with van der Waals surface area (Å²) in [5.74, 6) is -0.397. The van der Waals surface area contributed by atoms with E-state index in [0.717, 1.165) is 33.4 Å². The van der Waals surface area contributed by atoms with Crippen molar-refractivity contribution < 1.29 is 33.4 Å². The van der Waals surface area contributed by atoms with Gasteiger partial charge in [0.1, 0.15) is 17.2 Å². The van der Waals surface area contributed by atoms with E-state index >= 15 is 0 Å². The molecular formula is C32H34O7. The van der Waals surface area contributed by atoms with Gasteiger partial charge in [0.15, 0.2) is 5.78 Å². The van der Waals surface area contributed by atoms with Gasteiger partial charge in [0, 0.05) is 50.3 Å². The van der Waals surface area contributed by atoms with Crippen molar-refractivity contribution in [1.29, 1.82) is 0 Å². The zero-order valence-corrected chi connectivity index (χ0v) is 23.7. The summed E-state index contributed by atoms with van der Waals surface area (Å²) in [4.78, 5) is 48.6. The van der Waals surface area contributed by atoms with Crippen molar-refractivity contribution >= 4 is 23.7 Å². The van der Waals surface area contributed by atoms with Gasteiger partial charge < -0.3 is 14.2 Å². The molecule has 0 atom stereocenters. The van der Waals surface area contributed by atoms with Crippen LogP contribution in [0.1, 0.15) is 82.6 Å². The molecule has 0 heterocycles. The second kappa shape index (κ2) is 12.1. The van der Waals surface area contributed by atoms with E-state index in [9.17, 15) is 19.2 Å². The molecule has 0 saturated carbocycles. The Labute approximate surface area is 229 Å². The molecule has 3 aromatic carbocycles. The van der Waals surface area contributed by atoms with E-state index in [4.69, 9.17) is 14.2 Å². The number of aryl methyl sites for hydroxylation is 4. The number of ether oxygens (including phenoxy) is 3. The van der Waals surface area contributed by atoms with Crippen LogP contribution in [0.15, 0.2) is 36.4 Å². The number of Topliss-reactive ketones (excluding diaryl/α,β-unsaturated/α-hetero) is 1. The summed E-state index contributed by atoms with van der Waals surface area (Å²) in [7, 11) is 0. The second-order valence-electron chi connectivity index (χ2n) is 9.95. The lowest BCUT2D eigenvalue weighted by Crippen LogP contribution is -2.12. The summed E-state index contributed by atoms with van der Waals surface area (Å²) >= 11 is 0. The molecule has 7 nitrogen and oxygen atoms in total. The van der Waals surface area contributed by atoms with Crippen LogP contribution < -0.4 is 14.2 Å². The van der Waals surface area contributed by atoms with Gasteiger partial charge in [0.05, 0.1) is 0 Å². The van der Waals surface area contributed by atoms with Crippen LogP contribution >= 0.6 is 0 Å². The van der Waals surface area contributed by atoms with E-state index in [1.54, 1.807) is 12.1 Å². The van der Waals surface area contributed by atoms with Crippen LogP contribution in [-0.4, -0.2) is 23.7 Å². The summed E-state index contributed by atoms with van der Waals surface area (Å²) in [6, 6.07) is 11.1. The third-order valence-corrected chi connectivity index (χ3v) is 6.14. The average molecular weight is 531 g/mol. The summed E-state index contributed by atoms with van der Waals surface area (Å²) in [6.45, 7) is 13.1. The maximum Gasteiger partial charge on any atom is 0.308 e. The van der Waals surface area contributed by atoms with E-state index in [1.165, 1.54) is 27.7 Å². The Balaban J connectivity index is 2.27. The smallest absolute Gasteiger partial charge is 0.308 e. The highest BCUT2D eigenvalue weighted by molar-refractivity contribution is 5.95. The summed E-state index contributed by atoms with van der Waals surface area (Å²) in [5, 5.41) is 0. The van der Waals surface area contributed by atoms with Crippen molar-refractivity contribution in [2.45, 2.75) is 68.2 Å². The lowest BCUT2D eigenvalue weighted by atomic mass is 9.91. The lowest BCUT2D eigenvalue weighted by molar-refractivity contribution is -0.132. The quantitative estimate of drug-likeness (QED) is 0.198. The molecule has 3 aromatic rings. The monoisotopic (exact) mass is 530 g/mol. The number of rotatable bonds is 8. The van der Waals surface area contributed by atoms with E-state index in [0.29, 0.717) is 33.9 Å². The minimum absolute atomic E-state index is 0.159. The molecule has 0 fully saturated rings. The van der Waals surface area contributed by atoms with E-state index in [1.807, 2.05) is 52.0 Å². The maximum absolute atomic E-state index is 12.6. The maximum atomic E-state index is 12.6. The van der Waals surface area contributed by atoms with Gasteiger partial charge in [0.25, 0.3) is 0 Å². The normalized spacial score (nSPS) is 10.7. The lowest BCUT2D eigenvalue weighted by Gasteiger charge is -2.20. The van der Waals surface area contributed by atoms with Crippen LogP contribution in [0.25, 0.3) is 0 Å². The first-order chi connectivity index (χ1) is 18.2. The van der Waals surface area contributed by atoms with Crippen molar-refractivity contribution in [3.8, 4) is 17.2 Å². The van der Waals surface area contributed by atoms with Crippen LogP contribution in [0.3, 0.4) is 0 Å². The van der Waals surface area contributed by atoms with Gasteiger partial charge in [-0.3, -0.25) is 19.2 Å². The minimum Gasteiger partial charge on any atom is -0.426 e. The summed E-state index contributed by atoms with van der Waals surface area (Å²) in [5.41, 5.74) is 6.57. The van der Waals surface area contributed by atoms with Crippen LogP contribution in [0.2, 0.25) is 0 Å². The molecular weight excluding hydrogens is 496 g/mol. The van der Waals surface area contributed by atoms with Gasteiger partial charge in [-0.2, -0.15) is 0 Å². The number of hydrogen-bond acceptors (Lipinski definition) is 7. The molecule has 0 radical (unpaired) electrons. The molecule has 0 bridgehead atoms. The number of esters is 3. The number of ketones is 1. The Morgan fingerprint density at radius 3 is 1.18 bits per heavy atom. The molecule has 0 aliphatic carbocycles. The fourth-order valence-corrected chi connectivity index (χ4v) is 4.83. The van der Waals surface area contributed by atoms with Crippen LogP contribution in [0.4, 0.5) is 0 Å². The van der Waals surface area contributed by atoms with E-state index < -0.39 is 17.9 Å². The van der Waals surface area contributed by atoms with Gasteiger partial charge in [-0.1, -0.05) is 35.4 Å². The molecule has 0 amide bonds. The molecule has 0 saturated heterocycles. The Bertz CT molecular complexity index is 1390. The highest BCUT2D eigenvalue weighted by Crippen LogP contribution is 2.36. The molecule has 0 unspecified atom stereocenters. The fraction of sp³-hybridized carbons (Fsp3) is 0.312. The molecule has 3 rings (SSSR count). The van der Waals surface area contributed by atoms with E-state index in [2.05, 4.69) is 0 Å². The highest BCUT2D eigenvalue weighted by atomic mass is 16.5. The third-order valence-electron chi connectivity index (χ3n) is 6.14. The van der Waals surface area contributed by atoms with Gasteiger partial charge in [-0.05, 0) is 69.0 Å². The molecule has 0 aromatic heterocycles. The van der Waals surface area contributed by atoms with Crippen molar-refractivity contribution in [3.05, 3.63) is 86.5 Å². The number of carbonyl (C=O) groups excluding carboxylic acids is 4. The predicted octanol–water partition coefficient (Wildman–Crippen LogP) is 6.08. The molecule has 0 aliphatic rings. The van der Waals surface area contributed by atoms with Crippen molar-refractivity contribution in [3.63, 3.8) is 0 Å². The number of hydrogen-bond donors (Lipinski definition) is 0. The molecule has 7 heteroatoms. The predicted molar refractivity (Wildman–Crippen MR) is 148 cm³/mol. The zero-order valence-electron chi connectivity index (χ0n) is 23.7. The highest BCUT2D eigenvalue weighted by Gasteiger charge is 2.22. The van der Waals surface area contributed by atoms with Gasteiger partial charge >= 0.3 is 17.9 Å². The summed E-state index contributed by atoms with van der Waals surface area (Å²) < 4.78 is 16.8. The summed E-state index contributed by atoms with van der Waals surface area (Å²) in [6.07, 6.45) is 0.483. The minimum atomic E-state index is -0.519. The third kappa shape index (κ3) is 7.41. The first-order valence-electron chi connectivity index (χ1n) is 12.7. The first-order valence-corrected chi connectivity index (χ1v) is 12.7. The fourth-order valence-electron chi connectivity index (χ4n) is 4.83. The van der Waals surface area contributed by atoms with Crippen molar-refractivity contribution in [2.75, 3.05) is 0 Å². The van der Waals surface area contributed by atoms with Crippen molar-refractivity contribution in [1.82, 2.24) is 0 Å². The largest absolute Gasteiger partial charge is 0.426 e. The Morgan fingerprint density at radius 2 is 0.846 bits per heavy atom. The van der Waals surface area contributed by atoms with Crippen LogP contribution in [0.5, 0.6) is 17.2 Å².